The summed E-state index contributed by atoms with van der Waals surface area (Å²) in [6.07, 6.45) is 4.06. The minimum absolute atomic E-state index is 0.0850. The smallest absolute Gasteiger partial charge is 0.00813 e. The Morgan fingerprint density at radius 2 is 1.80 bits per heavy atom. The largest absolute Gasteiger partial charge is 0.0654 e. The average molecular weight is 225 g/mol. The van der Waals surface area contributed by atoms with E-state index >= 15 is 0 Å². The van der Waals surface area contributed by atoms with Crippen molar-refractivity contribution >= 4 is 22.1 Å². The molecule has 0 heterocycles. The molecule has 0 fully saturated rings. The second-order valence-electron chi connectivity index (χ2n) is 3.61. The highest BCUT2D eigenvalue weighted by Gasteiger charge is 2.19. The first-order valence-corrected chi connectivity index (χ1v) is 7.46. The van der Waals surface area contributed by atoms with Crippen LogP contribution >= 0.6 is 22.1 Å². The highest BCUT2D eigenvalue weighted by Crippen LogP contribution is 2.56. The van der Waals surface area contributed by atoms with E-state index in [2.05, 4.69) is 43.2 Å². The molecule has 0 saturated carbocycles. The first-order valence-electron chi connectivity index (χ1n) is 3.92. The number of hydrogen-bond acceptors (Lipinski definition) is 0. The molecule has 0 aliphatic heterocycles. The second-order valence-corrected chi connectivity index (χ2v) is 8.69. The van der Waals surface area contributed by atoms with Crippen LogP contribution in [-0.4, -0.2) is 11.3 Å². The van der Waals surface area contributed by atoms with Crippen LogP contribution in [0.4, 0.5) is 0 Å². The normalized spacial score (nSPS) is 15.3. The highest BCUT2D eigenvalue weighted by molar-refractivity contribution is 9.39. The van der Waals surface area contributed by atoms with Gasteiger partial charge in [-0.3, -0.25) is 0 Å². The monoisotopic (exact) mass is 224 g/mol. The summed E-state index contributed by atoms with van der Waals surface area (Å²) in [5.74, 6) is 0. The molecule has 2 heteroatoms. The lowest BCUT2D eigenvalue weighted by Gasteiger charge is -2.25. The van der Waals surface area contributed by atoms with E-state index in [1.807, 2.05) is 0 Å². The van der Waals surface area contributed by atoms with E-state index < -0.39 is 0 Å². The summed E-state index contributed by atoms with van der Waals surface area (Å²) in [5, 5.41) is 0.491. The zero-order valence-corrected chi connectivity index (χ0v) is 9.93. The quantitative estimate of drug-likeness (QED) is 0.625. The number of hydrogen-bond donors (Lipinski definition) is 0. The summed E-state index contributed by atoms with van der Waals surface area (Å²) >= 11 is 3.76. The molecule has 0 nitrogen and oxygen atoms in total. The molecule has 0 N–H and O–H groups in total. The summed E-state index contributed by atoms with van der Waals surface area (Å²) in [6, 6.07) is 0. The Hall–Kier alpha value is 0.910. The fraction of sp³-hybridized carbons (Fsp3) is 1.00. The molecule has 0 aromatic heterocycles. The van der Waals surface area contributed by atoms with Crippen LogP contribution in [-0.2, 0) is 0 Å². The molecule has 62 valence electrons. The van der Waals surface area contributed by atoms with Gasteiger partial charge < -0.3 is 0 Å². The van der Waals surface area contributed by atoms with Crippen molar-refractivity contribution < 1.29 is 0 Å². The fourth-order valence-electron chi connectivity index (χ4n) is 0.632. The minimum Gasteiger partial charge on any atom is -0.0654 e. The Bertz CT molecular complexity index is 85.7. The van der Waals surface area contributed by atoms with Gasteiger partial charge in [-0.05, 0) is 24.4 Å². The topological polar surface area (TPSA) is 0 Å². The molecular formula is C8H18BrP. The average Bonchev–Trinajstić information content (AvgIpc) is 1.80. The van der Waals surface area contributed by atoms with Crippen LogP contribution in [0.3, 0.4) is 0 Å². The maximum atomic E-state index is 3.76. The Morgan fingerprint density at radius 3 is 2.10 bits per heavy atom. The first kappa shape index (κ1) is 10.9. The third kappa shape index (κ3) is 4.68. The van der Waals surface area contributed by atoms with Gasteiger partial charge in [0.2, 0.25) is 0 Å². The third-order valence-electron chi connectivity index (χ3n) is 1.44. The summed E-state index contributed by atoms with van der Waals surface area (Å²) in [6.45, 7) is 9.26. The Labute approximate surface area is 74.3 Å². The minimum atomic E-state index is 0.0850. The molecule has 0 saturated heterocycles. The van der Waals surface area contributed by atoms with Crippen molar-refractivity contribution in [1.29, 1.82) is 0 Å². The Kier molecular flexibility index (Phi) is 5.15. The first-order chi connectivity index (χ1) is 4.48. The lowest BCUT2D eigenvalue weighted by molar-refractivity contribution is 0.781. The van der Waals surface area contributed by atoms with Crippen molar-refractivity contribution in [2.24, 2.45) is 0 Å². The van der Waals surface area contributed by atoms with Crippen molar-refractivity contribution in [2.75, 3.05) is 6.16 Å². The summed E-state index contributed by atoms with van der Waals surface area (Å²) in [7, 11) is 0. The number of rotatable bonds is 3. The SMILES string of the molecule is CCCCP(Br)C(C)(C)C. The maximum absolute atomic E-state index is 3.76. The summed E-state index contributed by atoms with van der Waals surface area (Å²) < 4.78 is 0. The van der Waals surface area contributed by atoms with E-state index in [1.165, 1.54) is 19.0 Å². The molecule has 0 bridgehead atoms. The van der Waals surface area contributed by atoms with Gasteiger partial charge in [0.15, 0.2) is 0 Å². The van der Waals surface area contributed by atoms with Crippen molar-refractivity contribution in [3.8, 4) is 0 Å². The molecule has 0 spiro atoms. The van der Waals surface area contributed by atoms with Gasteiger partial charge in [-0.2, -0.15) is 0 Å². The molecule has 0 aliphatic rings. The van der Waals surface area contributed by atoms with Gasteiger partial charge in [-0.1, -0.05) is 49.6 Å². The molecule has 0 aliphatic carbocycles. The lowest BCUT2D eigenvalue weighted by Crippen LogP contribution is -2.09. The van der Waals surface area contributed by atoms with Crippen LogP contribution in [0.15, 0.2) is 0 Å². The lowest BCUT2D eigenvalue weighted by atomic mass is 10.3. The van der Waals surface area contributed by atoms with E-state index in [0.29, 0.717) is 5.16 Å². The molecule has 10 heavy (non-hydrogen) atoms. The highest BCUT2D eigenvalue weighted by atomic mass is 79.9. The van der Waals surface area contributed by atoms with Crippen LogP contribution in [0.25, 0.3) is 0 Å². The van der Waals surface area contributed by atoms with Gasteiger partial charge in [0.1, 0.15) is 0 Å². The zero-order valence-electron chi connectivity index (χ0n) is 7.45. The Balaban J connectivity index is 3.52. The van der Waals surface area contributed by atoms with Gasteiger partial charge in [0.25, 0.3) is 0 Å². The van der Waals surface area contributed by atoms with Crippen molar-refractivity contribution in [2.45, 2.75) is 45.7 Å². The van der Waals surface area contributed by atoms with Crippen LogP contribution in [0.5, 0.6) is 0 Å². The van der Waals surface area contributed by atoms with Crippen LogP contribution in [0, 0.1) is 0 Å². The predicted octanol–water partition coefficient (Wildman–Crippen LogP) is 4.38. The van der Waals surface area contributed by atoms with E-state index in [1.54, 1.807) is 0 Å². The molecule has 0 amide bonds. The third-order valence-corrected chi connectivity index (χ3v) is 7.86. The van der Waals surface area contributed by atoms with Crippen molar-refractivity contribution in [3.05, 3.63) is 0 Å². The number of halogens is 1. The van der Waals surface area contributed by atoms with Crippen molar-refractivity contribution in [3.63, 3.8) is 0 Å². The molecule has 0 rings (SSSR count). The van der Waals surface area contributed by atoms with Gasteiger partial charge >= 0.3 is 0 Å². The van der Waals surface area contributed by atoms with Crippen molar-refractivity contribution in [1.82, 2.24) is 0 Å². The number of unbranched alkanes of at least 4 members (excludes halogenated alkanes) is 1. The van der Waals surface area contributed by atoms with E-state index in [-0.39, 0.29) is 6.62 Å². The van der Waals surface area contributed by atoms with Crippen LogP contribution < -0.4 is 0 Å². The molecule has 0 radical (unpaired) electrons. The standard InChI is InChI=1S/C8H18BrP/c1-5-6-7-10(9)8(2,3)4/h5-7H2,1-4H3. The Morgan fingerprint density at radius 1 is 1.30 bits per heavy atom. The molecular weight excluding hydrogens is 207 g/mol. The predicted molar refractivity (Wildman–Crippen MR) is 55.4 cm³/mol. The zero-order chi connectivity index (χ0) is 8.20. The summed E-state index contributed by atoms with van der Waals surface area (Å²) in [4.78, 5) is 0. The van der Waals surface area contributed by atoms with Gasteiger partial charge in [0.05, 0.1) is 0 Å². The fourth-order valence-corrected chi connectivity index (χ4v) is 2.65. The molecule has 0 aromatic rings. The maximum Gasteiger partial charge on any atom is -0.00813 e. The second kappa shape index (κ2) is 4.72. The molecule has 0 aromatic carbocycles. The van der Waals surface area contributed by atoms with Crippen LogP contribution in [0.2, 0.25) is 0 Å². The molecule has 1 atom stereocenters. The van der Waals surface area contributed by atoms with E-state index in [4.69, 9.17) is 0 Å². The molecule has 1 unspecified atom stereocenters. The van der Waals surface area contributed by atoms with Crippen LogP contribution in [0.1, 0.15) is 40.5 Å². The van der Waals surface area contributed by atoms with Gasteiger partial charge in [-0.25, -0.2) is 0 Å². The summed E-state index contributed by atoms with van der Waals surface area (Å²) in [5.41, 5.74) is 0. The van der Waals surface area contributed by atoms with E-state index in [9.17, 15) is 0 Å². The van der Waals surface area contributed by atoms with Gasteiger partial charge in [-0.15, -0.1) is 0 Å². The van der Waals surface area contributed by atoms with E-state index in [0.717, 1.165) is 0 Å². The van der Waals surface area contributed by atoms with Gasteiger partial charge in [0, 0.05) is 0 Å².